The minimum absolute atomic E-state index is 0.0104. The number of aryl methyl sites for hydroxylation is 1. The van der Waals surface area contributed by atoms with Gasteiger partial charge in [-0.25, -0.2) is 0 Å². The third-order valence-electron chi connectivity index (χ3n) is 3.84. The molecule has 0 aliphatic heterocycles. The number of carbonyl (C=O) groups excluding carboxylic acids is 3. The van der Waals surface area contributed by atoms with Gasteiger partial charge in [0, 0.05) is 18.9 Å². The van der Waals surface area contributed by atoms with Crippen molar-refractivity contribution in [2.45, 2.75) is 47.0 Å². The first-order valence-corrected chi connectivity index (χ1v) is 8.19. The highest BCUT2D eigenvalue weighted by Gasteiger charge is 2.22. The van der Waals surface area contributed by atoms with E-state index in [0.717, 1.165) is 12.0 Å². The van der Waals surface area contributed by atoms with Gasteiger partial charge in [-0.3, -0.25) is 9.59 Å². The first kappa shape index (κ1) is 19.1. The Morgan fingerprint density at radius 3 is 2.04 bits per heavy atom. The fraction of sp³-hybridized carbons (Fsp3) is 0.526. The van der Waals surface area contributed by atoms with E-state index < -0.39 is 0 Å². The largest absolute Gasteiger partial charge is 0.335 e. The molecule has 0 spiro atoms. The molecular weight excluding hydrogens is 290 g/mol. The molecule has 1 aromatic rings. The van der Waals surface area contributed by atoms with Crippen molar-refractivity contribution in [1.29, 1.82) is 0 Å². The zero-order valence-electron chi connectivity index (χ0n) is 14.6. The summed E-state index contributed by atoms with van der Waals surface area (Å²) < 4.78 is 0. The number of rotatable bonds is 9. The molecule has 126 valence electrons. The van der Waals surface area contributed by atoms with Crippen molar-refractivity contribution in [3.63, 3.8) is 0 Å². The van der Waals surface area contributed by atoms with Crippen LogP contribution in [0, 0.1) is 5.92 Å². The lowest BCUT2D eigenvalue weighted by atomic mass is 10.0. The van der Waals surface area contributed by atoms with Gasteiger partial charge < -0.3 is 9.69 Å². The Morgan fingerprint density at radius 2 is 1.57 bits per heavy atom. The highest BCUT2D eigenvalue weighted by Crippen LogP contribution is 2.11. The minimum atomic E-state index is -0.380. The Bertz CT molecular complexity index is 548. The zero-order valence-corrected chi connectivity index (χ0v) is 14.6. The molecule has 0 heterocycles. The number of ketones is 2. The van der Waals surface area contributed by atoms with Crippen LogP contribution in [0.25, 0.3) is 0 Å². The summed E-state index contributed by atoms with van der Waals surface area (Å²) in [5.41, 5.74) is 2.42. The molecule has 0 N–H and O–H groups in total. The molecule has 0 aliphatic rings. The van der Waals surface area contributed by atoms with Crippen LogP contribution in [0.1, 0.15) is 45.2 Å². The van der Waals surface area contributed by atoms with Crippen LogP contribution in [0.2, 0.25) is 0 Å². The van der Waals surface area contributed by atoms with Crippen molar-refractivity contribution in [3.05, 3.63) is 35.4 Å². The summed E-state index contributed by atoms with van der Waals surface area (Å²) in [7, 11) is 0. The summed E-state index contributed by atoms with van der Waals surface area (Å²) in [5.74, 6) is -0.562. The standard InChI is InChI=1S/C19H27NO3/c1-5-17-6-8-18(9-7-17)10-11-20(13-16(4)22)19(23)14(2)12-15(3)21/h6-9,14H,5,10-13H2,1-4H3. The van der Waals surface area contributed by atoms with E-state index in [4.69, 9.17) is 0 Å². The smallest absolute Gasteiger partial charge is 0.226 e. The molecule has 1 rings (SSSR count). The van der Waals surface area contributed by atoms with Crippen LogP contribution in [0.3, 0.4) is 0 Å². The molecule has 1 unspecified atom stereocenters. The Labute approximate surface area is 138 Å². The highest BCUT2D eigenvalue weighted by atomic mass is 16.2. The van der Waals surface area contributed by atoms with Gasteiger partial charge in [0.05, 0.1) is 6.54 Å². The van der Waals surface area contributed by atoms with Crippen LogP contribution < -0.4 is 0 Å². The number of amides is 1. The molecule has 0 fully saturated rings. The maximum Gasteiger partial charge on any atom is 0.226 e. The topological polar surface area (TPSA) is 54.5 Å². The summed E-state index contributed by atoms with van der Waals surface area (Å²) in [6, 6.07) is 8.30. The molecule has 1 amide bonds. The van der Waals surface area contributed by atoms with E-state index in [9.17, 15) is 14.4 Å². The lowest BCUT2D eigenvalue weighted by molar-refractivity contribution is -0.139. The maximum atomic E-state index is 12.5. The normalized spacial score (nSPS) is 11.8. The van der Waals surface area contributed by atoms with Crippen LogP contribution in [0.5, 0.6) is 0 Å². The van der Waals surface area contributed by atoms with Gasteiger partial charge in [0.25, 0.3) is 0 Å². The van der Waals surface area contributed by atoms with Gasteiger partial charge in [-0.15, -0.1) is 0 Å². The predicted molar refractivity (Wildman–Crippen MR) is 91.2 cm³/mol. The summed E-state index contributed by atoms with van der Waals surface area (Å²) in [5, 5.41) is 0. The van der Waals surface area contributed by atoms with Gasteiger partial charge in [0.1, 0.15) is 11.6 Å². The van der Waals surface area contributed by atoms with Crippen molar-refractivity contribution < 1.29 is 14.4 Å². The molecule has 4 nitrogen and oxygen atoms in total. The number of hydrogen-bond donors (Lipinski definition) is 0. The van der Waals surface area contributed by atoms with Gasteiger partial charge in [-0.05, 0) is 37.8 Å². The average Bonchev–Trinajstić information content (AvgIpc) is 2.50. The molecular formula is C19H27NO3. The Kier molecular flexibility index (Phi) is 7.66. The molecule has 1 aromatic carbocycles. The molecule has 0 saturated heterocycles. The van der Waals surface area contributed by atoms with E-state index >= 15 is 0 Å². The third-order valence-corrected chi connectivity index (χ3v) is 3.84. The molecule has 0 bridgehead atoms. The average molecular weight is 317 g/mol. The quantitative estimate of drug-likeness (QED) is 0.704. The van der Waals surface area contributed by atoms with Crippen molar-refractivity contribution in [2.75, 3.05) is 13.1 Å². The van der Waals surface area contributed by atoms with Crippen molar-refractivity contribution in [2.24, 2.45) is 5.92 Å². The number of nitrogens with zero attached hydrogens (tertiary/aromatic N) is 1. The van der Waals surface area contributed by atoms with Gasteiger partial charge in [0.15, 0.2) is 0 Å². The molecule has 0 radical (unpaired) electrons. The predicted octanol–water partition coefficient (Wildman–Crippen LogP) is 2.82. The first-order valence-electron chi connectivity index (χ1n) is 8.19. The summed E-state index contributed by atoms with van der Waals surface area (Å²) in [6.45, 7) is 7.41. The van der Waals surface area contributed by atoms with Gasteiger partial charge in [-0.2, -0.15) is 0 Å². The maximum absolute atomic E-state index is 12.5. The van der Waals surface area contributed by atoms with Gasteiger partial charge in [0.2, 0.25) is 5.91 Å². The van der Waals surface area contributed by atoms with Crippen molar-refractivity contribution >= 4 is 17.5 Å². The molecule has 0 aliphatic carbocycles. The van der Waals surface area contributed by atoms with E-state index in [1.807, 2.05) is 0 Å². The highest BCUT2D eigenvalue weighted by molar-refractivity contribution is 5.88. The Hall–Kier alpha value is -1.97. The van der Waals surface area contributed by atoms with Crippen LogP contribution in [0.15, 0.2) is 24.3 Å². The van der Waals surface area contributed by atoms with Crippen LogP contribution in [-0.4, -0.2) is 35.5 Å². The van der Waals surface area contributed by atoms with Crippen molar-refractivity contribution in [1.82, 2.24) is 4.90 Å². The molecule has 4 heteroatoms. The van der Waals surface area contributed by atoms with E-state index in [1.165, 1.54) is 19.4 Å². The summed E-state index contributed by atoms with van der Waals surface area (Å²) in [6.07, 6.45) is 1.92. The summed E-state index contributed by atoms with van der Waals surface area (Å²) in [4.78, 5) is 36.7. The second kappa shape index (κ2) is 9.23. The second-order valence-electron chi connectivity index (χ2n) is 6.19. The Morgan fingerprint density at radius 1 is 1.00 bits per heavy atom. The van der Waals surface area contributed by atoms with Crippen LogP contribution >= 0.6 is 0 Å². The van der Waals surface area contributed by atoms with Crippen molar-refractivity contribution in [3.8, 4) is 0 Å². The zero-order chi connectivity index (χ0) is 17.4. The first-order chi connectivity index (χ1) is 10.8. The molecule has 0 aromatic heterocycles. The molecule has 23 heavy (non-hydrogen) atoms. The van der Waals surface area contributed by atoms with E-state index in [-0.39, 0.29) is 36.4 Å². The van der Waals surface area contributed by atoms with Gasteiger partial charge in [-0.1, -0.05) is 38.1 Å². The van der Waals surface area contributed by atoms with E-state index in [1.54, 1.807) is 11.8 Å². The SMILES string of the molecule is CCc1ccc(CCN(CC(C)=O)C(=O)C(C)CC(C)=O)cc1. The van der Waals surface area contributed by atoms with Crippen LogP contribution in [0.4, 0.5) is 0 Å². The second-order valence-corrected chi connectivity index (χ2v) is 6.19. The monoisotopic (exact) mass is 317 g/mol. The fourth-order valence-electron chi connectivity index (χ4n) is 2.57. The fourth-order valence-corrected chi connectivity index (χ4v) is 2.57. The molecule has 1 atom stereocenters. The Balaban J connectivity index is 2.71. The minimum Gasteiger partial charge on any atom is -0.335 e. The lowest BCUT2D eigenvalue weighted by Crippen LogP contribution is -2.40. The number of hydrogen-bond acceptors (Lipinski definition) is 3. The number of benzene rings is 1. The number of carbonyl (C=O) groups is 3. The van der Waals surface area contributed by atoms with E-state index in [2.05, 4.69) is 31.2 Å². The van der Waals surface area contributed by atoms with E-state index in [0.29, 0.717) is 13.0 Å². The lowest BCUT2D eigenvalue weighted by Gasteiger charge is -2.24. The molecule has 0 saturated carbocycles. The van der Waals surface area contributed by atoms with Crippen LogP contribution in [-0.2, 0) is 27.2 Å². The van der Waals surface area contributed by atoms with Gasteiger partial charge >= 0.3 is 0 Å². The third kappa shape index (κ3) is 6.76. The number of Topliss-reactive ketones (excluding diaryl/α,β-unsaturated/α-hetero) is 2. The summed E-state index contributed by atoms with van der Waals surface area (Å²) >= 11 is 0.